The van der Waals surface area contributed by atoms with E-state index in [1.807, 2.05) is 19.1 Å². The fourth-order valence-corrected chi connectivity index (χ4v) is 4.92. The van der Waals surface area contributed by atoms with Crippen molar-refractivity contribution >= 4 is 29.3 Å². The van der Waals surface area contributed by atoms with Crippen molar-refractivity contribution in [3.8, 4) is 11.5 Å². The number of carbonyl (C=O) groups is 4. The van der Waals surface area contributed by atoms with Crippen molar-refractivity contribution in [2.75, 3.05) is 37.8 Å². The van der Waals surface area contributed by atoms with Crippen molar-refractivity contribution < 1.29 is 37.8 Å². The Morgan fingerprint density at radius 3 is 2.63 bits per heavy atom. The van der Waals surface area contributed by atoms with Crippen molar-refractivity contribution in [1.82, 2.24) is 4.90 Å². The van der Waals surface area contributed by atoms with E-state index in [2.05, 4.69) is 0 Å². The van der Waals surface area contributed by atoms with E-state index in [0.29, 0.717) is 54.5 Å². The second-order valence-corrected chi connectivity index (χ2v) is 10.1. The van der Waals surface area contributed by atoms with E-state index in [1.54, 1.807) is 54.3 Å². The summed E-state index contributed by atoms with van der Waals surface area (Å²) in [5.41, 5.74) is 1.89. The van der Waals surface area contributed by atoms with Gasteiger partial charge in [0.1, 0.15) is 17.3 Å². The Morgan fingerprint density at radius 2 is 1.85 bits per heavy atom. The zero-order valence-corrected chi connectivity index (χ0v) is 23.1. The lowest BCUT2D eigenvalue weighted by Crippen LogP contribution is -2.42. The Bertz CT molecular complexity index is 1440. The molecule has 3 aromatic rings. The Morgan fingerprint density at radius 1 is 1.05 bits per heavy atom. The molecule has 10 nitrogen and oxygen atoms in total. The molecule has 41 heavy (non-hydrogen) atoms. The fraction of sp³-hybridized carbons (Fsp3) is 0.355. The molecule has 10 heteroatoms. The van der Waals surface area contributed by atoms with Crippen LogP contribution in [0.15, 0.2) is 59.0 Å². The van der Waals surface area contributed by atoms with Crippen molar-refractivity contribution in [1.29, 1.82) is 0 Å². The quantitative estimate of drug-likeness (QED) is 0.283. The minimum Gasteiger partial charge on any atom is -0.485 e. The summed E-state index contributed by atoms with van der Waals surface area (Å²) in [6.45, 7) is 4.54. The number of likely N-dealkylation sites (tertiary alicyclic amines) is 1. The monoisotopic (exact) mass is 560 g/mol. The number of piperidine rings is 1. The average molecular weight is 561 g/mol. The highest BCUT2D eigenvalue weighted by molar-refractivity contribution is 6.02. The Hall–Kier alpha value is -4.60. The predicted molar refractivity (Wildman–Crippen MR) is 148 cm³/mol. The van der Waals surface area contributed by atoms with E-state index >= 15 is 0 Å². The molecule has 0 aliphatic carbocycles. The lowest BCUT2D eigenvalue weighted by atomic mass is 9.98. The van der Waals surface area contributed by atoms with Gasteiger partial charge in [-0.05, 0) is 69.2 Å². The van der Waals surface area contributed by atoms with E-state index in [1.165, 1.54) is 4.90 Å². The van der Waals surface area contributed by atoms with Gasteiger partial charge in [0.15, 0.2) is 24.8 Å². The molecular weight excluding hydrogens is 528 g/mol. The molecule has 3 heterocycles. The van der Waals surface area contributed by atoms with Crippen molar-refractivity contribution in [3.05, 3.63) is 77.2 Å². The number of ether oxygens (including phenoxy) is 3. The molecule has 2 aromatic carbocycles. The van der Waals surface area contributed by atoms with Gasteiger partial charge in [0.05, 0.1) is 24.8 Å². The van der Waals surface area contributed by atoms with Gasteiger partial charge in [-0.2, -0.15) is 0 Å². The predicted octanol–water partition coefficient (Wildman–Crippen LogP) is 4.19. The number of ketones is 1. The van der Waals surface area contributed by atoms with Gasteiger partial charge in [0.25, 0.3) is 11.8 Å². The minimum atomic E-state index is -0.358. The number of aryl methyl sites for hydroxylation is 1. The molecule has 1 saturated heterocycles. The Balaban J connectivity index is 1.27. The van der Waals surface area contributed by atoms with Crippen LogP contribution < -0.4 is 14.4 Å². The standard InChI is InChI=1S/C31H32N2O8/c1-3-38-31(37)22-5-4-14-32(16-22)30(36)28-13-11-24(41-28)17-33-25-15-21(8-12-27(25)40-19-29(33)35)26(34)18-39-23-9-6-20(2)7-10-23/h6-13,15,22H,3-5,14,16-19H2,1-2H3/t22-/m1/s1. The number of furan rings is 1. The summed E-state index contributed by atoms with van der Waals surface area (Å²) >= 11 is 0. The Kier molecular flexibility index (Phi) is 8.37. The molecule has 0 unspecified atom stereocenters. The normalized spacial score (nSPS) is 16.5. The second-order valence-electron chi connectivity index (χ2n) is 10.1. The van der Waals surface area contributed by atoms with Crippen molar-refractivity contribution in [2.24, 2.45) is 5.92 Å². The summed E-state index contributed by atoms with van der Waals surface area (Å²) in [5.74, 6) is 0.0392. The third-order valence-corrected chi connectivity index (χ3v) is 7.13. The zero-order chi connectivity index (χ0) is 28.9. The number of benzene rings is 2. The molecule has 0 spiro atoms. The van der Waals surface area contributed by atoms with Crippen LogP contribution in [-0.2, 0) is 20.9 Å². The van der Waals surface area contributed by atoms with Crippen LogP contribution in [0.1, 0.15) is 52.0 Å². The van der Waals surface area contributed by atoms with E-state index in [-0.39, 0.29) is 61.5 Å². The third kappa shape index (κ3) is 6.42. The molecule has 214 valence electrons. The van der Waals surface area contributed by atoms with Crippen LogP contribution >= 0.6 is 0 Å². The molecule has 0 bridgehead atoms. The number of fused-ring (bicyclic) bond motifs is 1. The maximum Gasteiger partial charge on any atom is 0.310 e. The van der Waals surface area contributed by atoms with Crippen LogP contribution in [0.25, 0.3) is 0 Å². The highest BCUT2D eigenvalue weighted by Gasteiger charge is 2.32. The molecule has 5 rings (SSSR count). The average Bonchev–Trinajstić information content (AvgIpc) is 3.46. The first-order valence-corrected chi connectivity index (χ1v) is 13.7. The second kappa shape index (κ2) is 12.3. The van der Waals surface area contributed by atoms with Gasteiger partial charge in [0.2, 0.25) is 0 Å². The number of Topliss-reactive ketones (excluding diaryl/α,β-unsaturated/α-hetero) is 1. The summed E-state index contributed by atoms with van der Waals surface area (Å²) in [7, 11) is 0. The van der Waals surface area contributed by atoms with E-state index in [4.69, 9.17) is 18.6 Å². The van der Waals surface area contributed by atoms with Gasteiger partial charge in [-0.15, -0.1) is 0 Å². The summed E-state index contributed by atoms with van der Waals surface area (Å²) < 4.78 is 22.2. The Labute approximate surface area is 237 Å². The van der Waals surface area contributed by atoms with Gasteiger partial charge in [-0.3, -0.25) is 24.1 Å². The van der Waals surface area contributed by atoms with Crippen LogP contribution in [0.3, 0.4) is 0 Å². The number of nitrogens with zero attached hydrogens (tertiary/aromatic N) is 2. The summed E-state index contributed by atoms with van der Waals surface area (Å²) in [6.07, 6.45) is 1.37. The minimum absolute atomic E-state index is 0.0471. The first-order chi connectivity index (χ1) is 19.8. The number of anilines is 1. The number of amides is 2. The number of rotatable bonds is 9. The number of hydrogen-bond donors (Lipinski definition) is 0. The van der Waals surface area contributed by atoms with Crippen LogP contribution in [0, 0.1) is 12.8 Å². The molecule has 1 fully saturated rings. The third-order valence-electron chi connectivity index (χ3n) is 7.13. The van der Waals surface area contributed by atoms with Crippen LogP contribution in [0.2, 0.25) is 0 Å². The molecule has 1 atom stereocenters. The largest absolute Gasteiger partial charge is 0.485 e. The lowest BCUT2D eigenvalue weighted by molar-refractivity contribution is -0.149. The van der Waals surface area contributed by atoms with Crippen LogP contribution in [-0.4, -0.2) is 61.4 Å². The van der Waals surface area contributed by atoms with Crippen LogP contribution in [0.4, 0.5) is 5.69 Å². The first-order valence-electron chi connectivity index (χ1n) is 13.7. The highest BCUT2D eigenvalue weighted by Crippen LogP contribution is 2.34. The van der Waals surface area contributed by atoms with E-state index in [0.717, 1.165) is 5.56 Å². The molecule has 2 aliphatic rings. The number of hydrogen-bond acceptors (Lipinski definition) is 8. The van der Waals surface area contributed by atoms with Gasteiger partial charge in [0, 0.05) is 18.7 Å². The SMILES string of the molecule is CCOC(=O)[C@@H]1CCCN(C(=O)c2ccc(CN3C(=O)COc4ccc(C(=O)COc5ccc(C)cc5)cc43)o2)C1. The molecule has 0 radical (unpaired) electrons. The summed E-state index contributed by atoms with van der Waals surface area (Å²) in [6, 6.07) is 15.5. The lowest BCUT2D eigenvalue weighted by Gasteiger charge is -2.31. The van der Waals surface area contributed by atoms with E-state index in [9.17, 15) is 19.2 Å². The smallest absolute Gasteiger partial charge is 0.310 e. The molecule has 2 aliphatic heterocycles. The topological polar surface area (TPSA) is 116 Å². The van der Waals surface area contributed by atoms with Crippen LogP contribution in [0.5, 0.6) is 11.5 Å². The maximum atomic E-state index is 13.1. The molecule has 2 amide bonds. The molecule has 0 saturated carbocycles. The molecular formula is C31H32N2O8. The highest BCUT2D eigenvalue weighted by atomic mass is 16.5. The van der Waals surface area contributed by atoms with E-state index < -0.39 is 0 Å². The maximum absolute atomic E-state index is 13.1. The van der Waals surface area contributed by atoms with Crippen molar-refractivity contribution in [3.63, 3.8) is 0 Å². The summed E-state index contributed by atoms with van der Waals surface area (Å²) in [4.78, 5) is 54.1. The van der Waals surface area contributed by atoms with Gasteiger partial charge in [-0.1, -0.05) is 17.7 Å². The first kappa shape index (κ1) is 27.9. The van der Waals surface area contributed by atoms with Gasteiger partial charge >= 0.3 is 5.97 Å². The summed E-state index contributed by atoms with van der Waals surface area (Å²) in [5, 5.41) is 0. The number of esters is 1. The zero-order valence-electron chi connectivity index (χ0n) is 23.1. The molecule has 0 N–H and O–H groups in total. The fourth-order valence-electron chi connectivity index (χ4n) is 4.92. The molecule has 1 aromatic heterocycles. The van der Waals surface area contributed by atoms with Crippen molar-refractivity contribution in [2.45, 2.75) is 33.2 Å². The number of carbonyl (C=O) groups excluding carboxylic acids is 4. The van der Waals surface area contributed by atoms with Gasteiger partial charge in [-0.25, -0.2) is 0 Å². The van der Waals surface area contributed by atoms with Gasteiger partial charge < -0.3 is 23.5 Å².